The van der Waals surface area contributed by atoms with Gasteiger partial charge in [-0.15, -0.1) is 0 Å². The number of aromatic nitrogens is 2. The Labute approximate surface area is 114 Å². The molecule has 0 radical (unpaired) electrons. The molecule has 2 rings (SSSR count). The summed E-state index contributed by atoms with van der Waals surface area (Å²) in [4.78, 5) is 11.0. The summed E-state index contributed by atoms with van der Waals surface area (Å²) in [5.41, 5.74) is 3.61. The quantitative estimate of drug-likeness (QED) is 0.630. The number of nitrogens with one attached hydrogen (secondary N) is 1. The fourth-order valence-corrected chi connectivity index (χ4v) is 2.55. The van der Waals surface area contributed by atoms with Crippen LogP contribution in [0.25, 0.3) is 0 Å². The maximum absolute atomic E-state index is 5.53. The maximum Gasteiger partial charge on any atom is 0.148 e. The smallest absolute Gasteiger partial charge is 0.148 e. The van der Waals surface area contributed by atoms with Crippen LogP contribution in [0.4, 0.5) is 11.6 Å². The average molecular weight is 265 g/mol. The third-order valence-electron chi connectivity index (χ3n) is 3.52. The van der Waals surface area contributed by atoms with Gasteiger partial charge in [0.15, 0.2) is 0 Å². The van der Waals surface area contributed by atoms with Gasteiger partial charge >= 0.3 is 0 Å². The fourth-order valence-electron chi connectivity index (χ4n) is 2.55. The van der Waals surface area contributed by atoms with Crippen molar-refractivity contribution >= 4 is 11.6 Å². The molecule has 0 bridgehead atoms. The number of aryl methyl sites for hydroxylation is 1. The van der Waals surface area contributed by atoms with Gasteiger partial charge in [-0.05, 0) is 32.6 Å². The van der Waals surface area contributed by atoms with E-state index in [9.17, 15) is 0 Å². The molecule has 1 saturated heterocycles. The molecule has 1 atom stereocenters. The van der Waals surface area contributed by atoms with Gasteiger partial charge in [0.1, 0.15) is 17.5 Å². The van der Waals surface area contributed by atoms with E-state index >= 15 is 0 Å². The Morgan fingerprint density at radius 2 is 2.21 bits per heavy atom. The highest BCUT2D eigenvalue weighted by molar-refractivity contribution is 5.57. The highest BCUT2D eigenvalue weighted by atomic mass is 16.5. The SMILES string of the molecule is Cc1nc(NN)c(C)c(N(C)CC2CCCOC2)n1. The number of ether oxygens (including phenoxy) is 1. The molecule has 106 valence electrons. The van der Waals surface area contributed by atoms with Crippen molar-refractivity contribution in [3.8, 4) is 0 Å². The first-order chi connectivity index (χ1) is 9.11. The zero-order chi connectivity index (χ0) is 13.8. The van der Waals surface area contributed by atoms with Crippen LogP contribution in [-0.2, 0) is 4.74 Å². The summed E-state index contributed by atoms with van der Waals surface area (Å²) in [5, 5.41) is 0. The van der Waals surface area contributed by atoms with Crippen LogP contribution in [0.2, 0.25) is 0 Å². The van der Waals surface area contributed by atoms with Crippen LogP contribution in [0, 0.1) is 19.8 Å². The van der Waals surface area contributed by atoms with E-state index in [0.29, 0.717) is 11.7 Å². The van der Waals surface area contributed by atoms with Crippen molar-refractivity contribution in [2.75, 3.05) is 37.1 Å². The molecule has 0 saturated carbocycles. The maximum atomic E-state index is 5.53. The van der Waals surface area contributed by atoms with Crippen molar-refractivity contribution in [1.29, 1.82) is 0 Å². The molecule has 19 heavy (non-hydrogen) atoms. The van der Waals surface area contributed by atoms with Crippen molar-refractivity contribution < 1.29 is 4.74 Å². The summed E-state index contributed by atoms with van der Waals surface area (Å²) in [6, 6.07) is 0. The number of nitrogens with zero attached hydrogens (tertiary/aromatic N) is 3. The molecule has 1 aliphatic rings. The lowest BCUT2D eigenvalue weighted by Crippen LogP contribution is -2.32. The molecule has 1 aromatic heterocycles. The highest BCUT2D eigenvalue weighted by Gasteiger charge is 2.19. The molecule has 1 aliphatic heterocycles. The first-order valence-electron chi connectivity index (χ1n) is 6.72. The van der Waals surface area contributed by atoms with Gasteiger partial charge in [-0.3, -0.25) is 0 Å². The summed E-state index contributed by atoms with van der Waals surface area (Å²) in [6.45, 7) is 6.54. The Bertz CT molecular complexity index is 431. The van der Waals surface area contributed by atoms with Crippen molar-refractivity contribution in [3.63, 3.8) is 0 Å². The minimum Gasteiger partial charge on any atom is -0.381 e. The van der Waals surface area contributed by atoms with Gasteiger partial charge in [-0.25, -0.2) is 15.8 Å². The lowest BCUT2D eigenvalue weighted by atomic mass is 10.0. The molecule has 1 unspecified atom stereocenters. The number of nitrogen functional groups attached to an aromatic ring is 1. The number of anilines is 2. The molecular formula is C13H23N5O. The summed E-state index contributed by atoms with van der Waals surface area (Å²) in [6.07, 6.45) is 2.37. The second kappa shape index (κ2) is 6.16. The molecule has 6 nitrogen and oxygen atoms in total. The summed E-state index contributed by atoms with van der Waals surface area (Å²) in [5.74, 6) is 8.41. The van der Waals surface area contributed by atoms with Crippen LogP contribution in [0.3, 0.4) is 0 Å². The average Bonchev–Trinajstić information content (AvgIpc) is 2.42. The third-order valence-corrected chi connectivity index (χ3v) is 3.52. The molecule has 0 spiro atoms. The Kier molecular flexibility index (Phi) is 4.55. The molecule has 6 heteroatoms. The van der Waals surface area contributed by atoms with Gasteiger partial charge in [0.05, 0.1) is 6.61 Å². The van der Waals surface area contributed by atoms with E-state index in [0.717, 1.165) is 43.4 Å². The normalized spacial score (nSPS) is 19.3. The van der Waals surface area contributed by atoms with E-state index in [1.807, 2.05) is 13.8 Å². The van der Waals surface area contributed by atoms with E-state index in [-0.39, 0.29) is 0 Å². The number of hydrogen-bond acceptors (Lipinski definition) is 6. The first kappa shape index (κ1) is 14.0. The molecule has 0 amide bonds. The standard InChI is InChI=1S/C13H23N5O/c1-9-12(17-14)15-10(2)16-13(9)18(3)7-11-5-4-6-19-8-11/h11H,4-8,14H2,1-3H3,(H,15,16,17). The Morgan fingerprint density at radius 3 is 2.84 bits per heavy atom. The number of nitrogens with two attached hydrogens (primary N) is 1. The van der Waals surface area contributed by atoms with E-state index < -0.39 is 0 Å². The van der Waals surface area contributed by atoms with E-state index in [1.165, 1.54) is 6.42 Å². The Balaban J connectivity index is 2.13. The van der Waals surface area contributed by atoms with Crippen LogP contribution in [0.15, 0.2) is 0 Å². The van der Waals surface area contributed by atoms with Gasteiger partial charge in [-0.2, -0.15) is 0 Å². The van der Waals surface area contributed by atoms with Crippen molar-refractivity contribution in [2.45, 2.75) is 26.7 Å². The summed E-state index contributed by atoms with van der Waals surface area (Å²) in [7, 11) is 2.06. The largest absolute Gasteiger partial charge is 0.381 e. The lowest BCUT2D eigenvalue weighted by molar-refractivity contribution is 0.0576. The topological polar surface area (TPSA) is 76.3 Å². The summed E-state index contributed by atoms with van der Waals surface area (Å²) < 4.78 is 5.53. The number of hydrazine groups is 1. The van der Waals surface area contributed by atoms with Gasteiger partial charge in [0, 0.05) is 25.8 Å². The second-order valence-electron chi connectivity index (χ2n) is 5.18. The number of rotatable bonds is 4. The molecule has 0 aliphatic carbocycles. The predicted octanol–water partition coefficient (Wildman–Crippen LogP) is 1.24. The van der Waals surface area contributed by atoms with Crippen LogP contribution < -0.4 is 16.2 Å². The highest BCUT2D eigenvalue weighted by Crippen LogP contribution is 2.24. The van der Waals surface area contributed by atoms with Gasteiger partial charge in [-0.1, -0.05) is 0 Å². The van der Waals surface area contributed by atoms with Gasteiger partial charge < -0.3 is 15.1 Å². The third kappa shape index (κ3) is 3.33. The van der Waals surface area contributed by atoms with Crippen molar-refractivity contribution in [2.24, 2.45) is 11.8 Å². The van der Waals surface area contributed by atoms with E-state index in [2.05, 4.69) is 27.3 Å². The van der Waals surface area contributed by atoms with Crippen molar-refractivity contribution in [3.05, 3.63) is 11.4 Å². The Hall–Kier alpha value is -1.40. The molecule has 2 heterocycles. The van der Waals surface area contributed by atoms with Crippen molar-refractivity contribution in [1.82, 2.24) is 9.97 Å². The van der Waals surface area contributed by atoms with E-state index in [1.54, 1.807) is 0 Å². The lowest BCUT2D eigenvalue weighted by Gasteiger charge is -2.29. The molecule has 1 fully saturated rings. The fraction of sp³-hybridized carbons (Fsp3) is 0.692. The van der Waals surface area contributed by atoms with E-state index in [4.69, 9.17) is 10.6 Å². The zero-order valence-corrected chi connectivity index (χ0v) is 11.9. The zero-order valence-electron chi connectivity index (χ0n) is 11.9. The van der Waals surface area contributed by atoms with Crippen LogP contribution in [-0.4, -0.2) is 36.8 Å². The number of hydrogen-bond donors (Lipinski definition) is 2. The van der Waals surface area contributed by atoms with Gasteiger partial charge in [0.25, 0.3) is 0 Å². The predicted molar refractivity (Wildman–Crippen MR) is 76.1 cm³/mol. The minimum atomic E-state index is 0.572. The molecular weight excluding hydrogens is 242 g/mol. The molecule has 3 N–H and O–H groups in total. The van der Waals surface area contributed by atoms with Gasteiger partial charge in [0.2, 0.25) is 0 Å². The molecule has 1 aromatic rings. The second-order valence-corrected chi connectivity index (χ2v) is 5.18. The summed E-state index contributed by atoms with van der Waals surface area (Å²) >= 11 is 0. The first-order valence-corrected chi connectivity index (χ1v) is 6.72. The van der Waals surface area contributed by atoms with Crippen LogP contribution >= 0.6 is 0 Å². The van der Waals surface area contributed by atoms with Crippen LogP contribution in [0.5, 0.6) is 0 Å². The minimum absolute atomic E-state index is 0.572. The van der Waals surface area contributed by atoms with Crippen LogP contribution in [0.1, 0.15) is 24.2 Å². The molecule has 0 aromatic carbocycles. The Morgan fingerprint density at radius 1 is 1.42 bits per heavy atom. The monoisotopic (exact) mass is 265 g/mol.